The first-order valence-corrected chi connectivity index (χ1v) is 9.98. The van der Waals surface area contributed by atoms with Crippen LogP contribution >= 0.6 is 12.4 Å². The van der Waals surface area contributed by atoms with Crippen molar-refractivity contribution in [3.8, 4) is 0 Å². The maximum atomic E-state index is 12.9. The zero-order valence-corrected chi connectivity index (χ0v) is 15.9. The van der Waals surface area contributed by atoms with E-state index in [2.05, 4.69) is 0 Å². The summed E-state index contributed by atoms with van der Waals surface area (Å²) in [7, 11) is 0. The lowest BCUT2D eigenvalue weighted by Crippen LogP contribution is -2.55. The molecule has 1 heterocycles. The van der Waals surface area contributed by atoms with Gasteiger partial charge >= 0.3 is 0 Å². The summed E-state index contributed by atoms with van der Waals surface area (Å²) in [5.74, 6) is 1.96. The van der Waals surface area contributed by atoms with Gasteiger partial charge < -0.3 is 15.5 Å². The third kappa shape index (κ3) is 3.55. The molecule has 1 saturated heterocycles. The summed E-state index contributed by atoms with van der Waals surface area (Å²) in [5, 5.41) is 0. The van der Waals surface area contributed by atoms with Crippen molar-refractivity contribution < 1.29 is 9.59 Å². The molecule has 4 aliphatic rings. The van der Waals surface area contributed by atoms with E-state index in [1.807, 2.05) is 9.80 Å². The maximum absolute atomic E-state index is 12.9. The predicted octanol–water partition coefficient (Wildman–Crippen LogP) is 2.03. The van der Waals surface area contributed by atoms with Crippen molar-refractivity contribution >= 4 is 24.2 Å². The predicted molar refractivity (Wildman–Crippen MR) is 99.3 cm³/mol. The number of hydrogen-bond acceptors (Lipinski definition) is 3. The molecular formula is C19H32ClN3O2. The zero-order chi connectivity index (χ0) is 16.7. The van der Waals surface area contributed by atoms with Gasteiger partial charge in [0.05, 0.1) is 5.92 Å². The van der Waals surface area contributed by atoms with Crippen molar-refractivity contribution in [1.29, 1.82) is 0 Å². The van der Waals surface area contributed by atoms with E-state index >= 15 is 0 Å². The first-order chi connectivity index (χ1) is 11.6. The second-order valence-corrected chi connectivity index (χ2v) is 8.42. The standard InChI is InChI=1S/C19H31N3O2.ClH/c20-17-15-7-6-14(12-15)16(17)19(24)22-10-8-21(9-11-22)18(23)13-4-2-1-3-5-13;/h13-17H,1-12,20H2;1H. The molecule has 0 spiro atoms. The Morgan fingerprint density at radius 2 is 1.32 bits per heavy atom. The van der Waals surface area contributed by atoms with E-state index in [1.165, 1.54) is 32.1 Å². The highest BCUT2D eigenvalue weighted by Crippen LogP contribution is 2.48. The molecule has 142 valence electrons. The molecule has 4 atom stereocenters. The molecule has 0 aromatic rings. The normalized spacial score (nSPS) is 35.6. The minimum atomic E-state index is 0. The lowest BCUT2D eigenvalue weighted by molar-refractivity contribution is -0.145. The third-order valence-corrected chi connectivity index (χ3v) is 7.12. The summed E-state index contributed by atoms with van der Waals surface area (Å²) in [4.78, 5) is 29.5. The largest absolute Gasteiger partial charge is 0.339 e. The Labute approximate surface area is 157 Å². The van der Waals surface area contributed by atoms with Crippen LogP contribution in [0.3, 0.4) is 0 Å². The molecule has 6 heteroatoms. The van der Waals surface area contributed by atoms with Gasteiger partial charge in [0.2, 0.25) is 11.8 Å². The van der Waals surface area contributed by atoms with E-state index in [1.54, 1.807) is 0 Å². The number of amides is 2. The average Bonchev–Trinajstić information content (AvgIpc) is 3.23. The molecular weight excluding hydrogens is 338 g/mol. The lowest BCUT2D eigenvalue weighted by Gasteiger charge is -2.39. The maximum Gasteiger partial charge on any atom is 0.227 e. The fourth-order valence-corrected chi connectivity index (χ4v) is 5.67. The number of carbonyl (C=O) groups excluding carboxylic acids is 2. The van der Waals surface area contributed by atoms with E-state index in [-0.39, 0.29) is 36.2 Å². The van der Waals surface area contributed by atoms with Crippen molar-refractivity contribution in [1.82, 2.24) is 9.80 Å². The number of carbonyl (C=O) groups is 2. The summed E-state index contributed by atoms with van der Waals surface area (Å²) in [6.07, 6.45) is 9.30. The van der Waals surface area contributed by atoms with Crippen LogP contribution in [-0.4, -0.2) is 53.8 Å². The van der Waals surface area contributed by atoms with Crippen LogP contribution in [0.1, 0.15) is 51.4 Å². The van der Waals surface area contributed by atoms with Crippen molar-refractivity contribution in [2.75, 3.05) is 26.2 Å². The Kier molecular flexibility index (Phi) is 5.94. The smallest absolute Gasteiger partial charge is 0.227 e. The summed E-state index contributed by atoms with van der Waals surface area (Å²) >= 11 is 0. The number of nitrogens with zero attached hydrogens (tertiary/aromatic N) is 2. The van der Waals surface area contributed by atoms with Gasteiger partial charge in [-0.25, -0.2) is 0 Å². The lowest BCUT2D eigenvalue weighted by atomic mass is 9.84. The van der Waals surface area contributed by atoms with Crippen molar-refractivity contribution in [2.45, 2.75) is 57.4 Å². The Hall–Kier alpha value is -0.810. The van der Waals surface area contributed by atoms with E-state index in [4.69, 9.17) is 5.73 Å². The van der Waals surface area contributed by atoms with Gasteiger partial charge in [-0.1, -0.05) is 19.3 Å². The number of rotatable bonds is 2. The van der Waals surface area contributed by atoms with Gasteiger partial charge in [-0.3, -0.25) is 9.59 Å². The van der Waals surface area contributed by atoms with Crippen molar-refractivity contribution in [2.24, 2.45) is 29.4 Å². The molecule has 2 N–H and O–H groups in total. The molecule has 2 amide bonds. The Balaban J connectivity index is 0.00000182. The average molecular weight is 370 g/mol. The van der Waals surface area contributed by atoms with Gasteiger partial charge in [-0.15, -0.1) is 12.4 Å². The quantitative estimate of drug-likeness (QED) is 0.809. The van der Waals surface area contributed by atoms with Gasteiger partial charge in [0.15, 0.2) is 0 Å². The van der Waals surface area contributed by atoms with Crippen LogP contribution in [0.2, 0.25) is 0 Å². The van der Waals surface area contributed by atoms with E-state index in [9.17, 15) is 9.59 Å². The fraction of sp³-hybridized carbons (Fsp3) is 0.895. The van der Waals surface area contributed by atoms with Crippen LogP contribution < -0.4 is 5.73 Å². The summed E-state index contributed by atoms with van der Waals surface area (Å²) < 4.78 is 0. The molecule has 25 heavy (non-hydrogen) atoms. The first-order valence-electron chi connectivity index (χ1n) is 9.98. The second kappa shape index (κ2) is 7.83. The third-order valence-electron chi connectivity index (χ3n) is 7.12. The van der Waals surface area contributed by atoms with Crippen LogP contribution in [0.4, 0.5) is 0 Å². The SMILES string of the molecule is Cl.NC1C2CCC(C2)C1C(=O)N1CCN(C(=O)C2CCCCC2)CC1. The molecule has 0 radical (unpaired) electrons. The van der Waals surface area contributed by atoms with E-state index in [0.29, 0.717) is 43.9 Å². The molecule has 2 bridgehead atoms. The summed E-state index contributed by atoms with van der Waals surface area (Å²) in [6.45, 7) is 2.80. The molecule has 4 fully saturated rings. The number of halogens is 1. The van der Waals surface area contributed by atoms with Crippen LogP contribution in [0.15, 0.2) is 0 Å². The van der Waals surface area contributed by atoms with Crippen LogP contribution in [0.5, 0.6) is 0 Å². The first kappa shape index (κ1) is 19.0. The molecule has 0 aromatic carbocycles. The highest BCUT2D eigenvalue weighted by Gasteiger charge is 2.50. The van der Waals surface area contributed by atoms with Crippen LogP contribution in [-0.2, 0) is 9.59 Å². The molecule has 1 aliphatic heterocycles. The van der Waals surface area contributed by atoms with Gasteiger partial charge in [0.1, 0.15) is 0 Å². The number of nitrogens with two attached hydrogens (primary N) is 1. The van der Waals surface area contributed by atoms with Gasteiger partial charge in [0.25, 0.3) is 0 Å². The highest BCUT2D eigenvalue weighted by atomic mass is 35.5. The fourth-order valence-electron chi connectivity index (χ4n) is 5.67. The summed E-state index contributed by atoms with van der Waals surface area (Å²) in [5.41, 5.74) is 6.33. The Morgan fingerprint density at radius 1 is 0.760 bits per heavy atom. The van der Waals surface area contributed by atoms with Gasteiger partial charge in [-0.05, 0) is 43.9 Å². The highest BCUT2D eigenvalue weighted by molar-refractivity contribution is 5.85. The number of hydrogen-bond donors (Lipinski definition) is 1. The van der Waals surface area contributed by atoms with Crippen LogP contribution in [0, 0.1) is 23.7 Å². The monoisotopic (exact) mass is 369 g/mol. The molecule has 5 nitrogen and oxygen atoms in total. The topological polar surface area (TPSA) is 66.6 Å². The Morgan fingerprint density at radius 3 is 1.88 bits per heavy atom. The molecule has 3 saturated carbocycles. The molecule has 4 unspecified atom stereocenters. The summed E-state index contributed by atoms with van der Waals surface area (Å²) in [6, 6.07) is 0.0677. The minimum absolute atomic E-state index is 0. The number of piperazine rings is 1. The molecule has 0 aromatic heterocycles. The van der Waals surface area contributed by atoms with Crippen molar-refractivity contribution in [3.05, 3.63) is 0 Å². The van der Waals surface area contributed by atoms with Gasteiger partial charge in [-0.2, -0.15) is 0 Å². The van der Waals surface area contributed by atoms with Gasteiger partial charge in [0, 0.05) is 38.1 Å². The Bertz CT molecular complexity index is 499. The second-order valence-electron chi connectivity index (χ2n) is 8.42. The van der Waals surface area contributed by atoms with E-state index in [0.717, 1.165) is 19.3 Å². The molecule has 4 rings (SSSR count). The molecule has 3 aliphatic carbocycles. The zero-order valence-electron chi connectivity index (χ0n) is 15.1. The number of fused-ring (bicyclic) bond motifs is 2. The minimum Gasteiger partial charge on any atom is -0.339 e. The van der Waals surface area contributed by atoms with E-state index < -0.39 is 0 Å². The van der Waals surface area contributed by atoms with Crippen LogP contribution in [0.25, 0.3) is 0 Å². The van der Waals surface area contributed by atoms with Crippen molar-refractivity contribution in [3.63, 3.8) is 0 Å².